The molecule has 1 aliphatic heterocycles. The molecule has 1 aromatic heterocycles. The van der Waals surface area contributed by atoms with Crippen LogP contribution in [0.15, 0.2) is 65.1 Å². The van der Waals surface area contributed by atoms with Gasteiger partial charge in [-0.2, -0.15) is 5.10 Å². The predicted molar refractivity (Wildman–Crippen MR) is 107 cm³/mol. The highest BCUT2D eigenvalue weighted by molar-refractivity contribution is 7.11. The number of fused-ring (bicyclic) bond motifs is 1. The van der Waals surface area contributed by atoms with E-state index in [0.717, 1.165) is 18.0 Å². The van der Waals surface area contributed by atoms with Gasteiger partial charge in [-0.05, 0) is 53.8 Å². The van der Waals surface area contributed by atoms with Gasteiger partial charge in [0.15, 0.2) is 0 Å². The molecule has 0 saturated carbocycles. The van der Waals surface area contributed by atoms with Crippen molar-refractivity contribution in [2.24, 2.45) is 5.10 Å². The van der Waals surface area contributed by atoms with Crippen LogP contribution in [-0.4, -0.2) is 12.1 Å². The van der Waals surface area contributed by atoms with Gasteiger partial charge in [0.1, 0.15) is 0 Å². The molecule has 0 unspecified atom stereocenters. The maximum absolute atomic E-state index is 12.3. The van der Waals surface area contributed by atoms with E-state index in [0.29, 0.717) is 5.56 Å². The van der Waals surface area contributed by atoms with Gasteiger partial charge in [-0.3, -0.25) is 4.79 Å². The number of carbonyl (C=O) groups excluding carboxylic acids is 1. The zero-order valence-corrected chi connectivity index (χ0v) is 15.3. The van der Waals surface area contributed by atoms with Crippen LogP contribution in [-0.2, 0) is 13.1 Å². The van der Waals surface area contributed by atoms with Crippen molar-refractivity contribution < 1.29 is 4.79 Å². The van der Waals surface area contributed by atoms with Crippen LogP contribution in [0.4, 0.5) is 5.69 Å². The van der Waals surface area contributed by atoms with Crippen molar-refractivity contribution in [2.45, 2.75) is 20.0 Å². The van der Waals surface area contributed by atoms with Gasteiger partial charge in [-0.15, -0.1) is 11.3 Å². The first kappa shape index (κ1) is 16.5. The minimum absolute atomic E-state index is 0.186. The number of aryl methyl sites for hydroxylation is 1. The van der Waals surface area contributed by atoms with Gasteiger partial charge in [-0.1, -0.05) is 29.8 Å². The lowest BCUT2D eigenvalue weighted by atomic mass is 10.1. The number of benzene rings is 2. The molecule has 26 heavy (non-hydrogen) atoms. The van der Waals surface area contributed by atoms with Crippen molar-refractivity contribution in [1.29, 1.82) is 0 Å². The fraction of sp³-hybridized carbons (Fsp3) is 0.143. The molecule has 4 rings (SSSR count). The molecule has 1 amide bonds. The second-order valence-electron chi connectivity index (χ2n) is 6.39. The first-order valence-corrected chi connectivity index (χ1v) is 9.37. The van der Waals surface area contributed by atoms with Crippen LogP contribution >= 0.6 is 11.3 Å². The molecule has 3 aromatic rings. The number of anilines is 1. The fourth-order valence-corrected chi connectivity index (χ4v) is 3.64. The van der Waals surface area contributed by atoms with Crippen molar-refractivity contribution in [2.75, 3.05) is 4.90 Å². The smallest absolute Gasteiger partial charge is 0.271 e. The summed E-state index contributed by atoms with van der Waals surface area (Å²) in [6.45, 7) is 3.78. The highest BCUT2D eigenvalue weighted by Crippen LogP contribution is 2.29. The SMILES string of the molecule is Cc1ccc(N2Cc3ccc(C(=O)N/N=C\c4cccs4)cc3C2)cc1. The summed E-state index contributed by atoms with van der Waals surface area (Å²) < 4.78 is 0. The number of hydrazone groups is 1. The van der Waals surface area contributed by atoms with Crippen LogP contribution in [0.2, 0.25) is 0 Å². The van der Waals surface area contributed by atoms with Crippen LogP contribution < -0.4 is 10.3 Å². The molecule has 0 aliphatic carbocycles. The third-order valence-electron chi connectivity index (χ3n) is 4.49. The predicted octanol–water partition coefficient (Wildman–Crippen LogP) is 4.34. The van der Waals surface area contributed by atoms with Gasteiger partial charge in [-0.25, -0.2) is 5.43 Å². The molecule has 4 nitrogen and oxygen atoms in total. The van der Waals surface area contributed by atoms with Gasteiger partial charge < -0.3 is 4.90 Å². The van der Waals surface area contributed by atoms with E-state index in [1.807, 2.05) is 35.7 Å². The Morgan fingerprint density at radius 3 is 2.69 bits per heavy atom. The van der Waals surface area contributed by atoms with Gasteiger partial charge in [0, 0.05) is 29.2 Å². The van der Waals surface area contributed by atoms with Crippen LogP contribution in [0.1, 0.15) is 31.9 Å². The van der Waals surface area contributed by atoms with Crippen LogP contribution in [0.3, 0.4) is 0 Å². The number of carbonyl (C=O) groups is 1. The van der Waals surface area contributed by atoms with Gasteiger partial charge in [0.2, 0.25) is 0 Å². The molecule has 0 spiro atoms. The minimum atomic E-state index is -0.186. The third kappa shape index (κ3) is 3.53. The summed E-state index contributed by atoms with van der Waals surface area (Å²) in [5, 5.41) is 6.01. The molecule has 2 heterocycles. The maximum Gasteiger partial charge on any atom is 0.271 e. The van der Waals surface area contributed by atoms with E-state index in [1.165, 1.54) is 22.4 Å². The van der Waals surface area contributed by atoms with Crippen molar-refractivity contribution in [3.05, 3.63) is 87.1 Å². The number of nitrogens with zero attached hydrogens (tertiary/aromatic N) is 2. The van der Waals surface area contributed by atoms with E-state index in [9.17, 15) is 4.79 Å². The van der Waals surface area contributed by atoms with Crippen molar-refractivity contribution in [1.82, 2.24) is 5.43 Å². The lowest BCUT2D eigenvalue weighted by Gasteiger charge is -2.17. The van der Waals surface area contributed by atoms with E-state index >= 15 is 0 Å². The van der Waals surface area contributed by atoms with E-state index in [-0.39, 0.29) is 5.91 Å². The number of hydrogen-bond donors (Lipinski definition) is 1. The van der Waals surface area contributed by atoms with E-state index in [2.05, 4.69) is 46.6 Å². The average Bonchev–Trinajstić information content (AvgIpc) is 3.31. The Morgan fingerprint density at radius 2 is 1.92 bits per heavy atom. The zero-order valence-electron chi connectivity index (χ0n) is 14.5. The summed E-state index contributed by atoms with van der Waals surface area (Å²) >= 11 is 1.58. The summed E-state index contributed by atoms with van der Waals surface area (Å²) in [6.07, 6.45) is 1.66. The monoisotopic (exact) mass is 361 g/mol. The second kappa shape index (κ2) is 7.14. The minimum Gasteiger partial charge on any atom is -0.363 e. The number of thiophene rings is 1. The number of rotatable bonds is 4. The summed E-state index contributed by atoms with van der Waals surface area (Å²) in [7, 11) is 0. The molecule has 0 radical (unpaired) electrons. The van der Waals surface area contributed by atoms with Crippen LogP contribution in [0.5, 0.6) is 0 Å². The van der Waals surface area contributed by atoms with E-state index < -0.39 is 0 Å². The van der Waals surface area contributed by atoms with Crippen LogP contribution in [0.25, 0.3) is 0 Å². The van der Waals surface area contributed by atoms with E-state index in [4.69, 9.17) is 0 Å². The van der Waals surface area contributed by atoms with Crippen LogP contribution in [0, 0.1) is 6.92 Å². The molecule has 0 atom stereocenters. The molecule has 2 aromatic carbocycles. The summed E-state index contributed by atoms with van der Waals surface area (Å²) in [4.78, 5) is 15.7. The zero-order chi connectivity index (χ0) is 17.9. The number of hydrogen-bond acceptors (Lipinski definition) is 4. The molecule has 0 fully saturated rings. The summed E-state index contributed by atoms with van der Waals surface area (Å²) in [6, 6.07) is 18.3. The second-order valence-corrected chi connectivity index (χ2v) is 7.37. The lowest BCUT2D eigenvalue weighted by Crippen LogP contribution is -2.17. The largest absolute Gasteiger partial charge is 0.363 e. The van der Waals surface area contributed by atoms with E-state index in [1.54, 1.807) is 17.6 Å². The lowest BCUT2D eigenvalue weighted by molar-refractivity contribution is 0.0955. The summed E-state index contributed by atoms with van der Waals surface area (Å²) in [5.41, 5.74) is 8.16. The standard InChI is InChI=1S/C21H19N3OS/c1-15-4-8-19(9-5-15)24-13-17-7-6-16(11-18(17)14-24)21(25)23-22-12-20-3-2-10-26-20/h2-12H,13-14H2,1H3,(H,23,25)/b22-12-. The Balaban J connectivity index is 1.44. The average molecular weight is 361 g/mol. The molecule has 1 aliphatic rings. The topological polar surface area (TPSA) is 44.7 Å². The Hall–Kier alpha value is -2.92. The first-order chi connectivity index (χ1) is 12.7. The highest BCUT2D eigenvalue weighted by Gasteiger charge is 2.20. The number of amides is 1. The Morgan fingerprint density at radius 1 is 1.12 bits per heavy atom. The third-order valence-corrected chi connectivity index (χ3v) is 5.30. The molecular formula is C21H19N3OS. The maximum atomic E-state index is 12.3. The van der Waals surface area contributed by atoms with Crippen molar-refractivity contribution in [3.8, 4) is 0 Å². The molecule has 5 heteroatoms. The Kier molecular flexibility index (Phi) is 4.54. The molecule has 1 N–H and O–H groups in total. The quantitative estimate of drug-likeness (QED) is 0.555. The Bertz CT molecular complexity index is 946. The fourth-order valence-electron chi connectivity index (χ4n) is 3.06. The Labute approximate surface area is 156 Å². The number of nitrogens with one attached hydrogen (secondary N) is 1. The van der Waals surface area contributed by atoms with Gasteiger partial charge in [0.05, 0.1) is 6.21 Å². The van der Waals surface area contributed by atoms with Gasteiger partial charge in [0.25, 0.3) is 5.91 Å². The first-order valence-electron chi connectivity index (χ1n) is 8.49. The molecule has 0 bridgehead atoms. The molecule has 0 saturated heterocycles. The van der Waals surface area contributed by atoms with Gasteiger partial charge >= 0.3 is 0 Å². The molecule has 130 valence electrons. The normalized spacial score (nSPS) is 13.2. The molecular weight excluding hydrogens is 342 g/mol. The van der Waals surface area contributed by atoms with Crippen molar-refractivity contribution in [3.63, 3.8) is 0 Å². The summed E-state index contributed by atoms with van der Waals surface area (Å²) in [5.74, 6) is -0.186. The van der Waals surface area contributed by atoms with Crippen molar-refractivity contribution >= 4 is 29.1 Å². The highest BCUT2D eigenvalue weighted by atomic mass is 32.1.